The molecule has 134 valence electrons. The lowest BCUT2D eigenvalue weighted by molar-refractivity contribution is -0.159. The second kappa shape index (κ2) is 7.25. The summed E-state index contributed by atoms with van der Waals surface area (Å²) >= 11 is 0. The highest BCUT2D eigenvalue weighted by Gasteiger charge is 2.49. The molecule has 2 saturated heterocycles. The van der Waals surface area contributed by atoms with E-state index < -0.39 is 23.8 Å². The van der Waals surface area contributed by atoms with Crippen LogP contribution in [0.2, 0.25) is 0 Å². The third-order valence-electron chi connectivity index (χ3n) is 5.13. The summed E-state index contributed by atoms with van der Waals surface area (Å²) in [6.45, 7) is 2.18. The van der Waals surface area contributed by atoms with E-state index in [4.69, 9.17) is 4.74 Å². The first-order valence-electron chi connectivity index (χ1n) is 8.73. The first-order chi connectivity index (χ1) is 12.0. The summed E-state index contributed by atoms with van der Waals surface area (Å²) in [5.41, 5.74) is 1.09. The largest absolute Gasteiger partial charge is 0.481 e. The van der Waals surface area contributed by atoms with E-state index >= 15 is 0 Å². The molecule has 3 rings (SSSR count). The predicted octanol–water partition coefficient (Wildman–Crippen LogP) is 1.87. The van der Waals surface area contributed by atoms with Crippen LogP contribution in [0.1, 0.15) is 31.7 Å². The normalized spacial score (nSPS) is 24.0. The van der Waals surface area contributed by atoms with Crippen molar-refractivity contribution in [1.29, 1.82) is 0 Å². The number of benzene rings is 1. The highest BCUT2D eigenvalue weighted by molar-refractivity contribution is 5.88. The second-order valence-corrected chi connectivity index (χ2v) is 7.00. The number of ether oxygens (including phenoxy) is 1. The van der Waals surface area contributed by atoms with Gasteiger partial charge >= 0.3 is 11.9 Å². The van der Waals surface area contributed by atoms with Crippen LogP contribution < -0.4 is 0 Å². The molecule has 4 atom stereocenters. The Morgan fingerprint density at radius 2 is 2.04 bits per heavy atom. The molecule has 4 unspecified atom stereocenters. The Bertz CT molecular complexity index is 659. The molecule has 0 spiro atoms. The molecule has 0 aromatic heterocycles. The first kappa shape index (κ1) is 17.5. The molecule has 2 fully saturated rings. The monoisotopic (exact) mass is 345 g/mol. The van der Waals surface area contributed by atoms with E-state index in [1.54, 1.807) is 11.8 Å². The van der Waals surface area contributed by atoms with Crippen LogP contribution in [0.5, 0.6) is 0 Å². The number of carbonyl (C=O) groups excluding carboxylic acids is 2. The number of rotatable bonds is 7. The number of esters is 1. The summed E-state index contributed by atoms with van der Waals surface area (Å²) in [6, 6.07) is 9.25. The topological polar surface area (TPSA) is 83.9 Å². The van der Waals surface area contributed by atoms with Crippen LogP contribution in [-0.2, 0) is 25.5 Å². The van der Waals surface area contributed by atoms with E-state index in [2.05, 4.69) is 0 Å². The van der Waals surface area contributed by atoms with Gasteiger partial charge < -0.3 is 14.7 Å². The number of aliphatic carboxylic acids is 1. The number of hydrogen-bond donors (Lipinski definition) is 1. The summed E-state index contributed by atoms with van der Waals surface area (Å²) in [5, 5.41) is 9.50. The molecule has 6 nitrogen and oxygen atoms in total. The summed E-state index contributed by atoms with van der Waals surface area (Å²) in [6.07, 6.45) is 1.81. The third-order valence-corrected chi connectivity index (χ3v) is 5.13. The van der Waals surface area contributed by atoms with E-state index in [1.165, 1.54) is 0 Å². The van der Waals surface area contributed by atoms with Crippen molar-refractivity contribution < 1.29 is 24.2 Å². The molecule has 0 saturated carbocycles. The Morgan fingerprint density at radius 1 is 1.32 bits per heavy atom. The van der Waals surface area contributed by atoms with Gasteiger partial charge in [-0.25, -0.2) is 4.79 Å². The minimum Gasteiger partial charge on any atom is -0.481 e. The van der Waals surface area contributed by atoms with Gasteiger partial charge in [-0.15, -0.1) is 0 Å². The van der Waals surface area contributed by atoms with Crippen LogP contribution in [0, 0.1) is 11.8 Å². The van der Waals surface area contributed by atoms with E-state index in [9.17, 15) is 19.5 Å². The van der Waals surface area contributed by atoms with Crippen molar-refractivity contribution in [2.24, 2.45) is 11.8 Å². The summed E-state index contributed by atoms with van der Waals surface area (Å²) < 4.78 is 5.10. The van der Waals surface area contributed by atoms with Gasteiger partial charge in [0, 0.05) is 12.3 Å². The number of likely N-dealkylation sites (tertiary alicyclic amines) is 1. The summed E-state index contributed by atoms with van der Waals surface area (Å²) in [5.74, 6) is -2.36. The van der Waals surface area contributed by atoms with E-state index in [1.807, 2.05) is 30.3 Å². The van der Waals surface area contributed by atoms with E-state index in [-0.39, 0.29) is 24.4 Å². The average molecular weight is 345 g/mol. The lowest BCUT2D eigenvalue weighted by Gasteiger charge is -2.29. The van der Waals surface area contributed by atoms with Crippen LogP contribution in [-0.4, -0.2) is 46.5 Å². The maximum atomic E-state index is 12.6. The zero-order valence-electron chi connectivity index (χ0n) is 14.3. The van der Waals surface area contributed by atoms with Crippen molar-refractivity contribution in [2.75, 3.05) is 6.54 Å². The molecule has 2 bridgehead atoms. The van der Waals surface area contributed by atoms with Gasteiger partial charge in [0.25, 0.3) is 0 Å². The van der Waals surface area contributed by atoms with Gasteiger partial charge in [-0.05, 0) is 24.8 Å². The van der Waals surface area contributed by atoms with Crippen molar-refractivity contribution in [3.8, 4) is 0 Å². The Kier molecular flexibility index (Phi) is 5.06. The zero-order valence-corrected chi connectivity index (χ0v) is 14.3. The number of morpholine rings is 1. The van der Waals surface area contributed by atoms with Crippen molar-refractivity contribution in [2.45, 2.75) is 44.8 Å². The Labute approximate surface area is 146 Å². The third kappa shape index (κ3) is 3.83. The van der Waals surface area contributed by atoms with E-state index in [0.717, 1.165) is 5.56 Å². The van der Waals surface area contributed by atoms with Crippen molar-refractivity contribution in [1.82, 2.24) is 4.90 Å². The Hall–Kier alpha value is -2.37. The van der Waals surface area contributed by atoms with Gasteiger partial charge in [-0.3, -0.25) is 9.59 Å². The number of carboxylic acids is 1. The quantitative estimate of drug-likeness (QED) is 0.763. The molecule has 2 aliphatic rings. The molecule has 0 radical (unpaired) electrons. The second-order valence-electron chi connectivity index (χ2n) is 7.00. The average Bonchev–Trinajstić information content (AvgIpc) is 3.17. The van der Waals surface area contributed by atoms with Crippen LogP contribution in [0.3, 0.4) is 0 Å². The standard InChI is InChI=1S/C19H23NO5/c1-12(17(21)20-11-15-10-16(20)19(24)25-15)9-14(18(22)23)8-7-13-5-3-2-4-6-13/h2-6,12,14-16H,7-11H2,1H3,(H,22,23). The molecule has 1 amide bonds. The van der Waals surface area contributed by atoms with Gasteiger partial charge in [-0.2, -0.15) is 0 Å². The van der Waals surface area contributed by atoms with Gasteiger partial charge in [0.2, 0.25) is 5.91 Å². The van der Waals surface area contributed by atoms with Gasteiger partial charge in [-0.1, -0.05) is 37.3 Å². The molecule has 0 aliphatic carbocycles. The number of nitrogens with zero attached hydrogens (tertiary/aromatic N) is 1. The molecule has 6 heteroatoms. The molecule has 25 heavy (non-hydrogen) atoms. The SMILES string of the molecule is CC(CC(CCc1ccccc1)C(=O)O)C(=O)N1CC2CC1C(=O)O2. The first-order valence-corrected chi connectivity index (χ1v) is 8.73. The fourth-order valence-electron chi connectivity index (χ4n) is 3.73. The van der Waals surface area contributed by atoms with Crippen LogP contribution in [0.4, 0.5) is 0 Å². The van der Waals surface area contributed by atoms with Crippen LogP contribution in [0.25, 0.3) is 0 Å². The molecule has 2 heterocycles. The van der Waals surface area contributed by atoms with Crippen molar-refractivity contribution >= 4 is 17.8 Å². The number of carbonyl (C=O) groups is 3. The number of hydrogen-bond acceptors (Lipinski definition) is 4. The maximum absolute atomic E-state index is 12.6. The molecule has 1 N–H and O–H groups in total. The lowest BCUT2D eigenvalue weighted by atomic mass is 9.89. The van der Waals surface area contributed by atoms with Crippen LogP contribution in [0.15, 0.2) is 30.3 Å². The molecular weight excluding hydrogens is 322 g/mol. The van der Waals surface area contributed by atoms with E-state index in [0.29, 0.717) is 25.8 Å². The lowest BCUT2D eigenvalue weighted by Crippen LogP contribution is -2.46. The number of amides is 1. The molecule has 2 aliphatic heterocycles. The van der Waals surface area contributed by atoms with Crippen molar-refractivity contribution in [3.05, 3.63) is 35.9 Å². The predicted molar refractivity (Wildman–Crippen MR) is 89.7 cm³/mol. The fraction of sp³-hybridized carbons (Fsp3) is 0.526. The molecular formula is C19H23NO5. The Balaban J connectivity index is 1.57. The highest BCUT2D eigenvalue weighted by atomic mass is 16.6. The zero-order chi connectivity index (χ0) is 18.0. The maximum Gasteiger partial charge on any atom is 0.329 e. The highest BCUT2D eigenvalue weighted by Crippen LogP contribution is 2.31. The molecule has 1 aromatic carbocycles. The summed E-state index contributed by atoms with van der Waals surface area (Å²) in [4.78, 5) is 37.4. The van der Waals surface area contributed by atoms with Gasteiger partial charge in [0.05, 0.1) is 12.5 Å². The fourth-order valence-corrected chi connectivity index (χ4v) is 3.73. The summed E-state index contributed by atoms with van der Waals surface area (Å²) in [7, 11) is 0. The van der Waals surface area contributed by atoms with Gasteiger partial charge in [0.1, 0.15) is 12.1 Å². The van der Waals surface area contributed by atoms with Crippen LogP contribution >= 0.6 is 0 Å². The minimum absolute atomic E-state index is 0.143. The minimum atomic E-state index is -0.877. The van der Waals surface area contributed by atoms with Crippen molar-refractivity contribution in [3.63, 3.8) is 0 Å². The Morgan fingerprint density at radius 3 is 2.64 bits per heavy atom. The number of carboxylic acid groups (broad SMARTS) is 1. The van der Waals surface area contributed by atoms with Gasteiger partial charge in [0.15, 0.2) is 0 Å². The smallest absolute Gasteiger partial charge is 0.329 e. The molecule has 1 aromatic rings. The number of fused-ring (bicyclic) bond motifs is 2. The number of aryl methyl sites for hydroxylation is 1.